The maximum atomic E-state index is 12.5. The van der Waals surface area contributed by atoms with Crippen molar-refractivity contribution in [3.63, 3.8) is 0 Å². The zero-order valence-electron chi connectivity index (χ0n) is 9.29. The Kier molecular flexibility index (Phi) is 2.97. The molecule has 19 heavy (non-hydrogen) atoms. The van der Waals surface area contributed by atoms with Crippen LogP contribution >= 0.6 is 33.9 Å². The number of hydrogen-bond acceptors (Lipinski definition) is 3. The van der Waals surface area contributed by atoms with Gasteiger partial charge in [0.2, 0.25) is 0 Å². The molecule has 0 aliphatic carbocycles. The molecule has 0 N–H and O–H groups in total. The second kappa shape index (κ2) is 4.30. The van der Waals surface area contributed by atoms with E-state index in [9.17, 15) is 18.0 Å². The molecule has 100 valence electrons. The summed E-state index contributed by atoms with van der Waals surface area (Å²) in [6, 6.07) is 3.40. The summed E-state index contributed by atoms with van der Waals surface area (Å²) < 4.78 is 39.2. The second-order valence-corrected chi connectivity index (χ2v) is 6.90. The number of amides is 1. The van der Waals surface area contributed by atoms with E-state index in [4.69, 9.17) is 0 Å². The first-order valence-corrected chi connectivity index (χ1v) is 7.23. The van der Waals surface area contributed by atoms with Crippen molar-refractivity contribution in [1.82, 2.24) is 4.98 Å². The standard InChI is InChI=1S/C11H6F3IN2OS/c12-11(13,14)9(18)17-2-1-5-3-6-8(4-7(5)17)19-10(15)16-6/h3-4H,1-2H2. The molecule has 1 amide bonds. The highest BCUT2D eigenvalue weighted by atomic mass is 127. The molecule has 0 unspecified atom stereocenters. The summed E-state index contributed by atoms with van der Waals surface area (Å²) >= 11 is 3.46. The highest BCUT2D eigenvalue weighted by Gasteiger charge is 2.44. The quantitative estimate of drug-likeness (QED) is 0.638. The molecule has 8 heteroatoms. The van der Waals surface area contributed by atoms with Gasteiger partial charge in [0.15, 0.2) is 3.01 Å². The summed E-state index contributed by atoms with van der Waals surface area (Å²) in [4.78, 5) is 16.5. The molecule has 0 saturated heterocycles. The highest BCUT2D eigenvalue weighted by Crippen LogP contribution is 2.36. The summed E-state index contributed by atoms with van der Waals surface area (Å²) in [7, 11) is 0. The molecule has 1 aromatic carbocycles. The summed E-state index contributed by atoms with van der Waals surface area (Å²) in [6.07, 6.45) is -4.40. The van der Waals surface area contributed by atoms with E-state index in [1.807, 2.05) is 0 Å². The molecule has 0 saturated carbocycles. The lowest BCUT2D eigenvalue weighted by atomic mass is 10.1. The molecule has 2 aromatic rings. The number of carbonyl (C=O) groups excluding carboxylic acids is 1. The number of alkyl halides is 3. The van der Waals surface area contributed by atoms with Crippen LogP contribution in [0.3, 0.4) is 0 Å². The van der Waals surface area contributed by atoms with Crippen molar-refractivity contribution in [1.29, 1.82) is 0 Å². The van der Waals surface area contributed by atoms with Gasteiger partial charge in [-0.2, -0.15) is 13.2 Å². The van der Waals surface area contributed by atoms with Crippen LogP contribution in [0.2, 0.25) is 0 Å². The summed E-state index contributed by atoms with van der Waals surface area (Å²) in [5, 5.41) is 0. The SMILES string of the molecule is O=C(N1CCc2cc3nc(I)sc3cc21)C(F)(F)F. The van der Waals surface area contributed by atoms with Crippen LogP contribution in [0, 0.1) is 3.01 Å². The van der Waals surface area contributed by atoms with Crippen LogP contribution in [0.4, 0.5) is 18.9 Å². The molecule has 2 heterocycles. The minimum absolute atomic E-state index is 0.0715. The molecule has 0 radical (unpaired) electrons. The van der Waals surface area contributed by atoms with Gasteiger partial charge in [0.05, 0.1) is 10.2 Å². The van der Waals surface area contributed by atoms with Gasteiger partial charge in [-0.25, -0.2) is 4.98 Å². The van der Waals surface area contributed by atoms with E-state index >= 15 is 0 Å². The van der Waals surface area contributed by atoms with Crippen LogP contribution in [-0.4, -0.2) is 23.6 Å². The van der Waals surface area contributed by atoms with E-state index in [1.165, 1.54) is 11.3 Å². The van der Waals surface area contributed by atoms with E-state index < -0.39 is 12.1 Å². The maximum Gasteiger partial charge on any atom is 0.471 e. The van der Waals surface area contributed by atoms with Gasteiger partial charge in [-0.15, -0.1) is 11.3 Å². The van der Waals surface area contributed by atoms with Crippen molar-refractivity contribution in [2.75, 3.05) is 11.4 Å². The number of rotatable bonds is 0. The van der Waals surface area contributed by atoms with Gasteiger partial charge >= 0.3 is 12.1 Å². The van der Waals surface area contributed by atoms with Crippen molar-refractivity contribution in [2.24, 2.45) is 0 Å². The van der Waals surface area contributed by atoms with E-state index in [2.05, 4.69) is 27.6 Å². The lowest BCUT2D eigenvalue weighted by Gasteiger charge is -2.18. The predicted octanol–water partition coefficient (Wildman–Crippen LogP) is 3.35. The lowest BCUT2D eigenvalue weighted by molar-refractivity contribution is -0.170. The Labute approximate surface area is 123 Å². The van der Waals surface area contributed by atoms with Gasteiger partial charge in [0.25, 0.3) is 0 Å². The molecule has 1 aliphatic rings. The number of hydrogen-bond donors (Lipinski definition) is 0. The number of benzene rings is 1. The maximum absolute atomic E-state index is 12.5. The number of anilines is 1. The molecule has 3 rings (SSSR count). The Hall–Kier alpha value is -0.900. The molecule has 3 nitrogen and oxygen atoms in total. The lowest BCUT2D eigenvalue weighted by Crippen LogP contribution is -2.40. The second-order valence-electron chi connectivity index (χ2n) is 4.12. The molecule has 0 fully saturated rings. The van der Waals surface area contributed by atoms with Crippen LogP contribution in [-0.2, 0) is 11.2 Å². The van der Waals surface area contributed by atoms with E-state index in [0.29, 0.717) is 12.1 Å². The third-order valence-electron chi connectivity index (χ3n) is 2.95. The van der Waals surface area contributed by atoms with Gasteiger partial charge in [-0.05, 0) is 46.7 Å². The van der Waals surface area contributed by atoms with E-state index in [1.54, 1.807) is 12.1 Å². The van der Waals surface area contributed by atoms with Crippen molar-refractivity contribution >= 4 is 55.7 Å². The Morgan fingerprint density at radius 3 is 2.84 bits per heavy atom. The minimum atomic E-state index is -4.83. The van der Waals surface area contributed by atoms with Gasteiger partial charge < -0.3 is 4.90 Å². The number of halogens is 4. The summed E-state index contributed by atoms with van der Waals surface area (Å²) in [6.45, 7) is 0.0715. The predicted molar refractivity (Wildman–Crippen MR) is 74.4 cm³/mol. The first-order chi connectivity index (χ1) is 8.86. The van der Waals surface area contributed by atoms with Crippen molar-refractivity contribution < 1.29 is 18.0 Å². The first-order valence-electron chi connectivity index (χ1n) is 5.34. The zero-order chi connectivity index (χ0) is 13.8. The molecular weight excluding hydrogens is 392 g/mol. The van der Waals surface area contributed by atoms with Crippen LogP contribution in [0.25, 0.3) is 10.2 Å². The Bertz CT molecular complexity index is 682. The highest BCUT2D eigenvalue weighted by molar-refractivity contribution is 14.1. The number of fused-ring (bicyclic) bond motifs is 2. The van der Waals surface area contributed by atoms with Crippen LogP contribution in [0.5, 0.6) is 0 Å². The number of thiazole rings is 1. The van der Waals surface area contributed by atoms with Gasteiger partial charge in [0.1, 0.15) is 0 Å². The largest absolute Gasteiger partial charge is 0.471 e. The number of nitrogens with zero attached hydrogens (tertiary/aromatic N) is 2. The van der Waals surface area contributed by atoms with E-state index in [-0.39, 0.29) is 6.54 Å². The smallest absolute Gasteiger partial charge is 0.304 e. The van der Waals surface area contributed by atoms with Gasteiger partial charge in [-0.1, -0.05) is 0 Å². The summed E-state index contributed by atoms with van der Waals surface area (Å²) in [5.74, 6) is -1.80. The van der Waals surface area contributed by atoms with Crippen molar-refractivity contribution in [3.05, 3.63) is 20.7 Å². The number of aromatic nitrogens is 1. The molecule has 0 bridgehead atoms. The third kappa shape index (κ3) is 2.20. The monoisotopic (exact) mass is 398 g/mol. The fourth-order valence-corrected chi connectivity index (χ4v) is 3.82. The molecule has 0 atom stereocenters. The Balaban J connectivity index is 2.09. The van der Waals surface area contributed by atoms with Crippen molar-refractivity contribution in [2.45, 2.75) is 12.6 Å². The fraction of sp³-hybridized carbons (Fsp3) is 0.273. The van der Waals surface area contributed by atoms with Crippen LogP contribution in [0.15, 0.2) is 12.1 Å². The average Bonchev–Trinajstić information content (AvgIpc) is 2.85. The van der Waals surface area contributed by atoms with Crippen LogP contribution in [0.1, 0.15) is 5.56 Å². The Morgan fingerprint density at radius 1 is 1.42 bits per heavy atom. The Morgan fingerprint density at radius 2 is 2.16 bits per heavy atom. The van der Waals surface area contributed by atoms with Gasteiger partial charge in [-0.3, -0.25) is 4.79 Å². The molecular formula is C11H6F3IN2OS. The summed E-state index contributed by atoms with van der Waals surface area (Å²) in [5.41, 5.74) is 1.87. The first kappa shape index (κ1) is 13.1. The molecule has 1 aromatic heterocycles. The van der Waals surface area contributed by atoms with E-state index in [0.717, 1.165) is 23.7 Å². The normalized spacial score (nSPS) is 15.1. The van der Waals surface area contributed by atoms with Crippen molar-refractivity contribution in [3.8, 4) is 0 Å². The molecule has 0 spiro atoms. The fourth-order valence-electron chi connectivity index (χ4n) is 2.15. The van der Waals surface area contributed by atoms with Gasteiger partial charge in [0, 0.05) is 12.2 Å². The molecule has 1 aliphatic heterocycles. The third-order valence-corrected chi connectivity index (χ3v) is 4.65. The van der Waals surface area contributed by atoms with Crippen LogP contribution < -0.4 is 4.90 Å². The average molecular weight is 398 g/mol. The topological polar surface area (TPSA) is 33.2 Å². The number of carbonyl (C=O) groups is 1. The zero-order valence-corrected chi connectivity index (χ0v) is 12.3. The minimum Gasteiger partial charge on any atom is -0.304 e.